The number of carbonyl (C=O) groups excluding carboxylic acids is 1. The highest BCUT2D eigenvalue weighted by Gasteiger charge is 2.26. The second-order valence-electron chi connectivity index (χ2n) is 7.23. The van der Waals surface area contributed by atoms with Crippen LogP contribution in [0.5, 0.6) is 5.75 Å². The predicted molar refractivity (Wildman–Crippen MR) is 109 cm³/mol. The van der Waals surface area contributed by atoms with Gasteiger partial charge in [0.1, 0.15) is 12.3 Å². The number of aromatic nitrogens is 5. The summed E-state index contributed by atoms with van der Waals surface area (Å²) in [5.74, 6) is 1.73. The van der Waals surface area contributed by atoms with E-state index in [1.807, 2.05) is 18.2 Å². The lowest BCUT2D eigenvalue weighted by Gasteiger charge is -2.14. The molecule has 158 valence electrons. The van der Waals surface area contributed by atoms with Crippen LogP contribution >= 0.6 is 0 Å². The Kier molecular flexibility index (Phi) is 4.83. The number of amides is 1. The van der Waals surface area contributed by atoms with Gasteiger partial charge in [-0.3, -0.25) is 9.20 Å². The van der Waals surface area contributed by atoms with Crippen LogP contribution in [0.1, 0.15) is 40.0 Å². The fraction of sp³-hybridized carbons (Fsp3) is 0.286. The van der Waals surface area contributed by atoms with Crippen molar-refractivity contribution >= 4 is 11.7 Å². The zero-order valence-electron chi connectivity index (χ0n) is 17.0. The summed E-state index contributed by atoms with van der Waals surface area (Å²) in [4.78, 5) is 25.7. The number of benzene rings is 1. The molecule has 0 fully saturated rings. The number of methoxy groups -OCH3 is 2. The summed E-state index contributed by atoms with van der Waals surface area (Å²) < 4.78 is 17.0. The van der Waals surface area contributed by atoms with Gasteiger partial charge in [0.25, 0.3) is 11.8 Å². The average molecular weight is 420 g/mol. The Morgan fingerprint density at radius 2 is 2.16 bits per heavy atom. The van der Waals surface area contributed by atoms with Gasteiger partial charge in [-0.15, -0.1) is 0 Å². The van der Waals surface area contributed by atoms with Crippen LogP contribution in [0, 0.1) is 0 Å². The zero-order valence-corrected chi connectivity index (χ0v) is 17.0. The first-order valence-corrected chi connectivity index (χ1v) is 9.79. The predicted octanol–water partition coefficient (Wildman–Crippen LogP) is 2.35. The van der Waals surface area contributed by atoms with E-state index in [-0.39, 0.29) is 18.6 Å². The molecule has 10 heteroatoms. The Bertz CT molecular complexity index is 1260. The van der Waals surface area contributed by atoms with Crippen molar-refractivity contribution in [2.45, 2.75) is 25.5 Å². The summed E-state index contributed by atoms with van der Waals surface area (Å²) in [5.41, 5.74) is 3.52. The van der Waals surface area contributed by atoms with Crippen molar-refractivity contribution in [1.82, 2.24) is 29.8 Å². The van der Waals surface area contributed by atoms with E-state index in [4.69, 9.17) is 14.0 Å². The maximum atomic E-state index is 13.0. The smallest absolute Gasteiger partial charge is 0.270 e. The van der Waals surface area contributed by atoms with Gasteiger partial charge in [0.05, 0.1) is 31.7 Å². The molecule has 0 aliphatic heterocycles. The van der Waals surface area contributed by atoms with E-state index in [9.17, 15) is 4.79 Å². The van der Waals surface area contributed by atoms with Gasteiger partial charge in [-0.05, 0) is 30.0 Å². The van der Waals surface area contributed by atoms with E-state index in [0.29, 0.717) is 28.9 Å². The maximum absolute atomic E-state index is 13.0. The van der Waals surface area contributed by atoms with Crippen molar-refractivity contribution in [2.75, 3.05) is 14.2 Å². The second-order valence-corrected chi connectivity index (χ2v) is 7.23. The van der Waals surface area contributed by atoms with Gasteiger partial charge >= 0.3 is 0 Å². The monoisotopic (exact) mass is 420 g/mol. The molecule has 0 saturated heterocycles. The average Bonchev–Trinajstić information content (AvgIpc) is 3.52. The molecule has 31 heavy (non-hydrogen) atoms. The van der Waals surface area contributed by atoms with Crippen molar-refractivity contribution in [3.05, 3.63) is 59.5 Å². The molecule has 1 atom stereocenters. The van der Waals surface area contributed by atoms with E-state index in [1.165, 1.54) is 6.20 Å². The van der Waals surface area contributed by atoms with Crippen molar-refractivity contribution in [3.8, 4) is 17.1 Å². The second kappa shape index (κ2) is 7.80. The molecule has 1 aromatic carbocycles. The van der Waals surface area contributed by atoms with Crippen molar-refractivity contribution in [2.24, 2.45) is 0 Å². The molecule has 0 saturated carbocycles. The molecule has 4 aromatic rings. The highest BCUT2D eigenvalue weighted by Crippen LogP contribution is 2.34. The Balaban J connectivity index is 1.36. The van der Waals surface area contributed by atoms with Crippen molar-refractivity contribution in [1.29, 1.82) is 0 Å². The minimum atomic E-state index is -0.216. The van der Waals surface area contributed by atoms with Gasteiger partial charge in [0.2, 0.25) is 11.6 Å². The third kappa shape index (κ3) is 3.50. The number of hydrogen-bond acceptors (Lipinski definition) is 8. The first-order valence-electron chi connectivity index (χ1n) is 9.79. The van der Waals surface area contributed by atoms with E-state index < -0.39 is 0 Å². The van der Waals surface area contributed by atoms with Crippen LogP contribution in [0.4, 0.5) is 0 Å². The lowest BCUT2D eigenvalue weighted by atomic mass is 10.0. The summed E-state index contributed by atoms with van der Waals surface area (Å²) >= 11 is 0. The van der Waals surface area contributed by atoms with Crippen molar-refractivity contribution in [3.63, 3.8) is 0 Å². The Morgan fingerprint density at radius 3 is 3.00 bits per heavy atom. The number of nitrogens with one attached hydrogen (secondary N) is 1. The Labute approximate surface area is 177 Å². The molecule has 0 radical (unpaired) electrons. The van der Waals surface area contributed by atoms with Gasteiger partial charge in [-0.1, -0.05) is 17.3 Å². The molecule has 1 N–H and O–H groups in total. The fourth-order valence-corrected chi connectivity index (χ4v) is 3.82. The maximum Gasteiger partial charge on any atom is 0.270 e. The third-order valence-electron chi connectivity index (χ3n) is 5.33. The topological polar surface area (TPSA) is 117 Å². The van der Waals surface area contributed by atoms with Gasteiger partial charge in [-0.25, -0.2) is 9.97 Å². The minimum absolute atomic E-state index is 0.0880. The molecule has 3 heterocycles. The number of aryl methyl sites for hydroxylation is 1. The highest BCUT2D eigenvalue weighted by molar-refractivity contribution is 5.93. The van der Waals surface area contributed by atoms with Gasteiger partial charge in [0, 0.05) is 12.7 Å². The van der Waals surface area contributed by atoms with Crippen LogP contribution in [-0.4, -0.2) is 44.6 Å². The minimum Gasteiger partial charge on any atom is -0.494 e. The summed E-state index contributed by atoms with van der Waals surface area (Å²) in [6.07, 6.45) is 6.44. The van der Waals surface area contributed by atoms with Gasteiger partial charge in [0.15, 0.2) is 5.75 Å². The molecule has 0 spiro atoms. The van der Waals surface area contributed by atoms with Crippen LogP contribution < -0.4 is 10.1 Å². The number of hydrogen-bond donors (Lipinski definition) is 1. The number of carbonyl (C=O) groups is 1. The number of imidazole rings is 1. The first kappa shape index (κ1) is 19.2. The number of fused-ring (bicyclic) bond motifs is 2. The summed E-state index contributed by atoms with van der Waals surface area (Å²) in [6.45, 7) is 0.275. The summed E-state index contributed by atoms with van der Waals surface area (Å²) in [6, 6.07) is 5.91. The highest BCUT2D eigenvalue weighted by atomic mass is 16.5. The standard InChI is InChI=1S/C21H20N6O4/c1-29-11-18-25-19(26-31-18)13-3-5-15-12(7-13)4-6-16(15)24-20(28)17-9-23-21-22-8-14(30-2)10-27(17)21/h3,5,7-10,16H,4,6,11H2,1-2H3,(H,24,28)/t16-/m1/s1. The number of ether oxygens (including phenoxy) is 2. The SMILES string of the molecule is COCc1nc(-c2ccc3c(c2)CC[C@H]3NC(=O)c2cnc3ncc(OC)cn23)no1. The molecule has 3 aromatic heterocycles. The quantitative estimate of drug-likeness (QED) is 0.505. The van der Waals surface area contributed by atoms with Crippen molar-refractivity contribution < 1.29 is 18.8 Å². The first-order chi connectivity index (χ1) is 15.2. The fourth-order valence-electron chi connectivity index (χ4n) is 3.82. The lowest BCUT2D eigenvalue weighted by Crippen LogP contribution is -2.28. The van der Waals surface area contributed by atoms with E-state index in [1.54, 1.807) is 31.0 Å². The third-order valence-corrected chi connectivity index (χ3v) is 5.33. The van der Waals surface area contributed by atoms with E-state index in [2.05, 4.69) is 25.4 Å². The molecule has 1 aliphatic carbocycles. The van der Waals surface area contributed by atoms with Crippen LogP contribution in [0.2, 0.25) is 0 Å². The van der Waals surface area contributed by atoms with E-state index >= 15 is 0 Å². The van der Waals surface area contributed by atoms with E-state index in [0.717, 1.165) is 29.5 Å². The largest absolute Gasteiger partial charge is 0.494 e. The molecule has 1 aliphatic rings. The summed E-state index contributed by atoms with van der Waals surface area (Å²) in [5, 5.41) is 7.13. The zero-order chi connectivity index (χ0) is 21.4. The van der Waals surface area contributed by atoms with Gasteiger partial charge < -0.3 is 19.3 Å². The van der Waals surface area contributed by atoms with Crippen LogP contribution in [-0.2, 0) is 17.8 Å². The van der Waals surface area contributed by atoms with Crippen LogP contribution in [0.25, 0.3) is 17.2 Å². The Morgan fingerprint density at radius 1 is 1.29 bits per heavy atom. The number of rotatable bonds is 6. The molecular formula is C21H20N6O4. The molecule has 1 amide bonds. The molecule has 5 rings (SSSR count). The lowest BCUT2D eigenvalue weighted by molar-refractivity contribution is 0.0930. The number of nitrogens with zero attached hydrogens (tertiary/aromatic N) is 5. The molecule has 10 nitrogen and oxygen atoms in total. The Hall–Kier alpha value is -3.79. The molecular weight excluding hydrogens is 400 g/mol. The normalized spacial score (nSPS) is 15.2. The van der Waals surface area contributed by atoms with Crippen LogP contribution in [0.3, 0.4) is 0 Å². The summed E-state index contributed by atoms with van der Waals surface area (Å²) in [7, 11) is 3.13. The van der Waals surface area contributed by atoms with Crippen LogP contribution in [0.15, 0.2) is 41.3 Å². The molecule has 0 bridgehead atoms. The molecule has 0 unspecified atom stereocenters. The van der Waals surface area contributed by atoms with Gasteiger partial charge in [-0.2, -0.15) is 4.98 Å².